The van der Waals surface area contributed by atoms with E-state index < -0.39 is 0 Å². The lowest BCUT2D eigenvalue weighted by atomic mass is 9.76. The average Bonchev–Trinajstić information content (AvgIpc) is 2.74. The minimum atomic E-state index is -0.204. The van der Waals surface area contributed by atoms with Crippen LogP contribution in [0.15, 0.2) is 35.5 Å². The Morgan fingerprint density at radius 1 is 1.03 bits per heavy atom. The molecular weight excluding hydrogens is 362 g/mol. The molecule has 1 fully saturated rings. The number of aryl methyl sites for hydroxylation is 1. The predicted octanol–water partition coefficient (Wildman–Crippen LogP) is 3.92. The molecule has 0 saturated carbocycles. The van der Waals surface area contributed by atoms with Crippen LogP contribution in [-0.4, -0.2) is 28.8 Å². The minimum absolute atomic E-state index is 0.203. The molecule has 6 nitrogen and oxygen atoms in total. The van der Waals surface area contributed by atoms with E-state index in [4.69, 9.17) is 10.7 Å². The highest BCUT2D eigenvalue weighted by atomic mass is 16.1. The number of anilines is 3. The van der Waals surface area contributed by atoms with Gasteiger partial charge >= 0.3 is 0 Å². The summed E-state index contributed by atoms with van der Waals surface area (Å²) in [5, 5.41) is 3.46. The second-order valence-corrected chi connectivity index (χ2v) is 8.36. The number of ketones is 1. The van der Waals surface area contributed by atoms with Crippen molar-refractivity contribution in [3.05, 3.63) is 52.2 Å². The van der Waals surface area contributed by atoms with Crippen LogP contribution in [0.3, 0.4) is 0 Å². The molecule has 3 aliphatic rings. The summed E-state index contributed by atoms with van der Waals surface area (Å²) in [5.41, 5.74) is 11.5. The minimum Gasteiger partial charge on any atom is -0.383 e. The van der Waals surface area contributed by atoms with Crippen LogP contribution in [0.4, 0.5) is 17.6 Å². The highest BCUT2D eigenvalue weighted by molar-refractivity contribution is 6.01. The van der Waals surface area contributed by atoms with Crippen molar-refractivity contribution in [3.8, 4) is 0 Å². The SMILES string of the molecule is Cc1ccc([C@H]2C3=C(CCCC3=O)Nc3nc(N4CCCCC4)nc(N)c32)cc1. The van der Waals surface area contributed by atoms with Gasteiger partial charge in [0.25, 0.3) is 0 Å². The molecule has 5 rings (SSSR count). The second kappa shape index (κ2) is 7.17. The Kier molecular flexibility index (Phi) is 4.49. The highest BCUT2D eigenvalue weighted by Gasteiger charge is 2.38. The van der Waals surface area contributed by atoms with E-state index in [0.29, 0.717) is 18.2 Å². The molecule has 0 spiro atoms. The summed E-state index contributed by atoms with van der Waals surface area (Å²) >= 11 is 0. The van der Waals surface area contributed by atoms with Gasteiger partial charge in [-0.3, -0.25) is 4.79 Å². The number of piperidine rings is 1. The van der Waals surface area contributed by atoms with Crippen molar-refractivity contribution in [1.82, 2.24) is 9.97 Å². The van der Waals surface area contributed by atoms with Crippen LogP contribution in [0.1, 0.15) is 61.1 Å². The van der Waals surface area contributed by atoms with Crippen molar-refractivity contribution < 1.29 is 4.79 Å². The molecule has 1 aromatic carbocycles. The molecule has 6 heteroatoms. The number of hydrogen-bond acceptors (Lipinski definition) is 6. The van der Waals surface area contributed by atoms with Gasteiger partial charge in [0, 0.05) is 42.3 Å². The van der Waals surface area contributed by atoms with Crippen LogP contribution in [0.2, 0.25) is 0 Å². The Morgan fingerprint density at radius 3 is 2.55 bits per heavy atom. The van der Waals surface area contributed by atoms with Crippen LogP contribution in [-0.2, 0) is 4.79 Å². The monoisotopic (exact) mass is 389 g/mol. The van der Waals surface area contributed by atoms with E-state index in [1.54, 1.807) is 0 Å². The number of rotatable bonds is 2. The first-order valence-corrected chi connectivity index (χ1v) is 10.6. The number of aromatic nitrogens is 2. The predicted molar refractivity (Wildman–Crippen MR) is 115 cm³/mol. The average molecular weight is 390 g/mol. The number of hydrogen-bond donors (Lipinski definition) is 2. The zero-order valence-electron chi connectivity index (χ0n) is 16.9. The fourth-order valence-electron chi connectivity index (χ4n) is 4.80. The number of nitrogens with one attached hydrogen (secondary N) is 1. The molecule has 0 unspecified atom stereocenters. The number of allylic oxidation sites excluding steroid dienone is 2. The summed E-state index contributed by atoms with van der Waals surface area (Å²) in [6.07, 6.45) is 5.90. The van der Waals surface area contributed by atoms with E-state index in [0.717, 1.165) is 67.0 Å². The van der Waals surface area contributed by atoms with Gasteiger partial charge in [0.15, 0.2) is 5.78 Å². The molecular formula is C23H27N5O. The number of carbonyl (C=O) groups is 1. The summed E-state index contributed by atoms with van der Waals surface area (Å²) in [4.78, 5) is 24.7. The molecule has 3 N–H and O–H groups in total. The van der Waals surface area contributed by atoms with Gasteiger partial charge in [-0.15, -0.1) is 0 Å². The molecule has 0 radical (unpaired) electrons. The van der Waals surface area contributed by atoms with Crippen LogP contribution < -0.4 is 16.0 Å². The molecule has 29 heavy (non-hydrogen) atoms. The van der Waals surface area contributed by atoms with E-state index in [9.17, 15) is 4.79 Å². The first kappa shape index (κ1) is 18.2. The van der Waals surface area contributed by atoms with Crippen LogP contribution in [0.5, 0.6) is 0 Å². The number of benzene rings is 1. The Hall–Kier alpha value is -2.89. The lowest BCUT2D eigenvalue weighted by molar-refractivity contribution is -0.116. The van der Waals surface area contributed by atoms with E-state index in [-0.39, 0.29) is 11.7 Å². The Bertz CT molecular complexity index is 989. The largest absolute Gasteiger partial charge is 0.383 e. The highest BCUT2D eigenvalue weighted by Crippen LogP contribution is 2.47. The maximum absolute atomic E-state index is 12.9. The lowest BCUT2D eigenvalue weighted by Gasteiger charge is -2.35. The van der Waals surface area contributed by atoms with Crippen molar-refractivity contribution in [2.45, 2.75) is 51.4 Å². The Balaban J connectivity index is 1.65. The molecule has 1 atom stereocenters. The van der Waals surface area contributed by atoms with Crippen molar-refractivity contribution in [2.24, 2.45) is 0 Å². The van der Waals surface area contributed by atoms with E-state index in [1.807, 2.05) is 0 Å². The van der Waals surface area contributed by atoms with E-state index in [2.05, 4.69) is 46.4 Å². The first-order valence-electron chi connectivity index (χ1n) is 10.6. The number of nitrogens with two attached hydrogens (primary N) is 1. The van der Waals surface area contributed by atoms with Crippen molar-refractivity contribution in [2.75, 3.05) is 29.0 Å². The molecule has 2 aromatic rings. The van der Waals surface area contributed by atoms with Gasteiger partial charge in [-0.2, -0.15) is 9.97 Å². The van der Waals surface area contributed by atoms with E-state index >= 15 is 0 Å². The molecule has 1 aromatic heterocycles. The molecule has 0 amide bonds. The summed E-state index contributed by atoms with van der Waals surface area (Å²) in [7, 11) is 0. The molecule has 0 bridgehead atoms. The maximum Gasteiger partial charge on any atom is 0.229 e. The maximum atomic E-state index is 12.9. The molecule has 3 heterocycles. The summed E-state index contributed by atoms with van der Waals surface area (Å²) in [5.74, 6) is 1.93. The molecule has 1 aliphatic carbocycles. The van der Waals surface area contributed by atoms with Crippen molar-refractivity contribution in [3.63, 3.8) is 0 Å². The Labute approximate surface area is 171 Å². The topological polar surface area (TPSA) is 84.1 Å². The number of nitrogen functional groups attached to an aromatic ring is 1. The van der Waals surface area contributed by atoms with Gasteiger partial charge in [-0.1, -0.05) is 29.8 Å². The van der Waals surface area contributed by atoms with Gasteiger partial charge in [0.2, 0.25) is 5.95 Å². The summed E-state index contributed by atoms with van der Waals surface area (Å²) in [6.45, 7) is 4.00. The van der Waals surface area contributed by atoms with Crippen LogP contribution in [0.25, 0.3) is 0 Å². The number of nitrogens with zero attached hydrogens (tertiary/aromatic N) is 3. The van der Waals surface area contributed by atoms with Crippen molar-refractivity contribution >= 4 is 23.4 Å². The summed E-state index contributed by atoms with van der Waals surface area (Å²) < 4.78 is 0. The zero-order valence-corrected chi connectivity index (χ0v) is 16.9. The van der Waals surface area contributed by atoms with Gasteiger partial charge < -0.3 is 16.0 Å². The number of fused-ring (bicyclic) bond motifs is 1. The van der Waals surface area contributed by atoms with Gasteiger partial charge in [0.1, 0.15) is 11.6 Å². The van der Waals surface area contributed by atoms with Crippen LogP contribution >= 0.6 is 0 Å². The molecule has 1 saturated heterocycles. The standard InChI is InChI=1S/C23H27N5O/c1-14-8-10-15(11-9-14)18-19-16(6-5-7-17(19)29)25-22-20(18)21(24)26-23(27-22)28-12-3-2-4-13-28/h8-11,18H,2-7,12-13H2,1H3,(H3,24,25,26,27)/t18-/m0/s1. The quantitative estimate of drug-likeness (QED) is 0.810. The van der Waals surface area contributed by atoms with Crippen molar-refractivity contribution in [1.29, 1.82) is 0 Å². The normalized spacial score (nSPS) is 21.5. The number of carbonyl (C=O) groups excluding carboxylic acids is 1. The second-order valence-electron chi connectivity index (χ2n) is 8.36. The third-order valence-electron chi connectivity index (χ3n) is 6.32. The van der Waals surface area contributed by atoms with Gasteiger partial charge in [-0.05, 0) is 44.6 Å². The first-order chi connectivity index (χ1) is 14.1. The molecule has 2 aliphatic heterocycles. The number of Topliss-reactive ketones (excluding diaryl/α,β-unsaturated/α-hetero) is 1. The smallest absolute Gasteiger partial charge is 0.229 e. The molecule has 150 valence electrons. The Morgan fingerprint density at radius 2 is 1.79 bits per heavy atom. The third-order valence-corrected chi connectivity index (χ3v) is 6.32. The zero-order chi connectivity index (χ0) is 20.0. The lowest BCUT2D eigenvalue weighted by Crippen LogP contribution is -2.33. The fraction of sp³-hybridized carbons (Fsp3) is 0.435. The summed E-state index contributed by atoms with van der Waals surface area (Å²) in [6, 6.07) is 8.37. The van der Waals surface area contributed by atoms with E-state index in [1.165, 1.54) is 12.0 Å². The van der Waals surface area contributed by atoms with Crippen LogP contribution in [0, 0.1) is 6.92 Å². The third kappa shape index (κ3) is 3.16. The van der Waals surface area contributed by atoms with Gasteiger partial charge in [0.05, 0.1) is 0 Å². The van der Waals surface area contributed by atoms with Gasteiger partial charge in [-0.25, -0.2) is 0 Å². The fourth-order valence-corrected chi connectivity index (χ4v) is 4.80.